The van der Waals surface area contributed by atoms with Crippen LogP contribution < -0.4 is 9.80 Å². The van der Waals surface area contributed by atoms with E-state index < -0.39 is 34.7 Å². The number of carbonyl (C=O) groups is 1. The second-order valence-electron chi connectivity index (χ2n) is 8.33. The molecule has 0 spiro atoms. The molecule has 1 fully saturated rings. The van der Waals surface area contributed by atoms with E-state index in [1.807, 2.05) is 11.0 Å². The number of benzene rings is 1. The van der Waals surface area contributed by atoms with E-state index in [-0.39, 0.29) is 36.9 Å². The molecule has 9 nitrogen and oxygen atoms in total. The minimum atomic E-state index is -4.51. The summed E-state index contributed by atoms with van der Waals surface area (Å²) in [6.45, 7) is 1.07. The van der Waals surface area contributed by atoms with Gasteiger partial charge in [0.05, 0.1) is 47.1 Å². The molecular weight excluding hydrogens is 485 g/mol. The molecule has 1 aromatic heterocycles. The molecule has 4 rings (SSSR count). The van der Waals surface area contributed by atoms with Gasteiger partial charge in [0, 0.05) is 43.7 Å². The van der Waals surface area contributed by atoms with Gasteiger partial charge in [0.15, 0.2) is 0 Å². The number of nitrogens with zero attached hydrogens (tertiary/aromatic N) is 6. The lowest BCUT2D eigenvalue weighted by Crippen LogP contribution is -2.55. The molecule has 35 heavy (non-hydrogen) atoms. The van der Waals surface area contributed by atoms with E-state index in [1.165, 1.54) is 23.3 Å². The molecular formula is C22H23F3N6O3S. The maximum Gasteiger partial charge on any atom is 0.418 e. The molecule has 0 aliphatic carbocycles. The average molecular weight is 509 g/mol. The van der Waals surface area contributed by atoms with Gasteiger partial charge in [-0.1, -0.05) is 12.1 Å². The summed E-state index contributed by atoms with van der Waals surface area (Å²) in [4.78, 5) is 25.2. The molecule has 2 atom stereocenters. The Morgan fingerprint density at radius 3 is 2.63 bits per heavy atom. The van der Waals surface area contributed by atoms with Gasteiger partial charge in [-0.05, 0) is 18.6 Å². The van der Waals surface area contributed by atoms with Gasteiger partial charge in [-0.25, -0.2) is 14.8 Å². The number of nitriles is 1. The number of alkyl halides is 3. The number of anilines is 2. The van der Waals surface area contributed by atoms with Crippen LogP contribution in [0.25, 0.3) is 0 Å². The van der Waals surface area contributed by atoms with Crippen LogP contribution in [0.5, 0.6) is 0 Å². The van der Waals surface area contributed by atoms with Gasteiger partial charge >= 0.3 is 12.3 Å². The molecule has 0 radical (unpaired) electrons. The Balaban J connectivity index is 1.70. The Kier molecular flexibility index (Phi) is 6.84. The molecule has 1 aromatic carbocycles. The van der Waals surface area contributed by atoms with Crippen molar-refractivity contribution in [2.45, 2.75) is 36.8 Å². The lowest BCUT2D eigenvalue weighted by molar-refractivity contribution is -0.137. The summed E-state index contributed by atoms with van der Waals surface area (Å²) < 4.78 is 53.1. The van der Waals surface area contributed by atoms with E-state index in [1.54, 1.807) is 11.0 Å². The van der Waals surface area contributed by atoms with E-state index in [0.717, 1.165) is 11.6 Å². The lowest BCUT2D eigenvalue weighted by atomic mass is 10.0. The van der Waals surface area contributed by atoms with Gasteiger partial charge in [-0.2, -0.15) is 18.4 Å². The summed E-state index contributed by atoms with van der Waals surface area (Å²) in [6, 6.07) is 6.81. The number of hydrogen-bond acceptors (Lipinski definition) is 7. The predicted octanol–water partition coefficient (Wildman–Crippen LogP) is 2.88. The van der Waals surface area contributed by atoms with Gasteiger partial charge in [-0.3, -0.25) is 4.21 Å². The first-order valence-corrected chi connectivity index (χ1v) is 12.4. The largest absolute Gasteiger partial charge is 0.465 e. The number of piperazine rings is 1. The van der Waals surface area contributed by atoms with Crippen molar-refractivity contribution < 1.29 is 27.3 Å². The number of amides is 1. The molecule has 1 unspecified atom stereocenters. The van der Waals surface area contributed by atoms with Gasteiger partial charge in [0.1, 0.15) is 5.82 Å². The molecule has 13 heteroatoms. The molecule has 0 saturated carbocycles. The Morgan fingerprint density at radius 1 is 1.23 bits per heavy atom. The van der Waals surface area contributed by atoms with Crippen molar-refractivity contribution in [1.29, 1.82) is 5.26 Å². The van der Waals surface area contributed by atoms with Crippen LogP contribution in [-0.4, -0.2) is 68.8 Å². The Bertz CT molecular complexity index is 1200. The monoisotopic (exact) mass is 508 g/mol. The number of para-hydroxylation sites is 1. The predicted molar refractivity (Wildman–Crippen MR) is 122 cm³/mol. The highest BCUT2D eigenvalue weighted by molar-refractivity contribution is 7.84. The third-order valence-corrected chi connectivity index (χ3v) is 6.88. The summed E-state index contributed by atoms with van der Waals surface area (Å²) in [5.74, 6) is 0.497. The number of hydrogen-bond donors (Lipinski definition) is 1. The Morgan fingerprint density at radius 2 is 1.97 bits per heavy atom. The molecule has 186 valence electrons. The van der Waals surface area contributed by atoms with Gasteiger partial charge in [0.2, 0.25) is 5.16 Å². The van der Waals surface area contributed by atoms with E-state index in [9.17, 15) is 27.3 Å². The zero-order chi connectivity index (χ0) is 25.3. The zero-order valence-corrected chi connectivity index (χ0v) is 19.6. The SMILES string of the molecule is CS(=O)c1nc2c(c(N3CCN(C(=O)O)[C@@H](CC#N)C3)n1)CCN(c1ccccc1C(F)(F)F)C2. The fourth-order valence-electron chi connectivity index (χ4n) is 4.55. The summed E-state index contributed by atoms with van der Waals surface area (Å²) in [7, 11) is -1.55. The normalized spacial score (nSPS) is 19.2. The van der Waals surface area contributed by atoms with Gasteiger partial charge in [0.25, 0.3) is 0 Å². The van der Waals surface area contributed by atoms with Crippen LogP contribution in [0.2, 0.25) is 0 Å². The summed E-state index contributed by atoms with van der Waals surface area (Å²) >= 11 is 0. The van der Waals surface area contributed by atoms with Crippen LogP contribution in [0.3, 0.4) is 0 Å². The van der Waals surface area contributed by atoms with Crippen molar-refractivity contribution in [3.63, 3.8) is 0 Å². The maximum absolute atomic E-state index is 13.6. The van der Waals surface area contributed by atoms with Crippen LogP contribution in [0.4, 0.5) is 29.5 Å². The Hall–Kier alpha value is -3.40. The Labute approximate surface area is 202 Å². The number of halogens is 3. The van der Waals surface area contributed by atoms with Crippen molar-refractivity contribution in [3.05, 3.63) is 41.1 Å². The van der Waals surface area contributed by atoms with Crippen LogP contribution in [0.15, 0.2) is 29.4 Å². The van der Waals surface area contributed by atoms with Crippen molar-refractivity contribution in [2.24, 2.45) is 0 Å². The van der Waals surface area contributed by atoms with Crippen LogP contribution in [-0.2, 0) is 29.9 Å². The topological polar surface area (TPSA) is 114 Å². The average Bonchev–Trinajstić information content (AvgIpc) is 2.82. The van der Waals surface area contributed by atoms with Crippen molar-refractivity contribution in [1.82, 2.24) is 14.9 Å². The highest BCUT2D eigenvalue weighted by atomic mass is 32.2. The van der Waals surface area contributed by atoms with E-state index in [2.05, 4.69) is 9.97 Å². The van der Waals surface area contributed by atoms with E-state index >= 15 is 0 Å². The fraction of sp³-hybridized carbons (Fsp3) is 0.455. The highest BCUT2D eigenvalue weighted by Crippen LogP contribution is 2.39. The number of fused-ring (bicyclic) bond motifs is 1. The maximum atomic E-state index is 13.6. The van der Waals surface area contributed by atoms with Crippen LogP contribution >= 0.6 is 0 Å². The lowest BCUT2D eigenvalue weighted by Gasteiger charge is -2.41. The molecule has 1 saturated heterocycles. The summed E-state index contributed by atoms with van der Waals surface area (Å²) in [5, 5.41) is 18.7. The van der Waals surface area contributed by atoms with Crippen molar-refractivity contribution in [3.8, 4) is 6.07 Å². The first-order chi connectivity index (χ1) is 16.6. The van der Waals surface area contributed by atoms with Crippen LogP contribution in [0, 0.1) is 11.3 Å². The first kappa shape index (κ1) is 24.7. The van der Waals surface area contributed by atoms with E-state index in [4.69, 9.17) is 5.26 Å². The molecule has 1 amide bonds. The standard InChI is InChI=1S/C22H23F3N6O3S/c1-35(34)20-27-17-13-29(18-5-3-2-4-16(18)22(23,24)25)9-7-15(17)19(28-20)30-10-11-31(21(32)33)14(12-30)6-8-26/h2-5,14H,6-7,9-13H2,1H3,(H,32,33)/t14-,35?/m0/s1. The minimum absolute atomic E-state index is 0.00461. The molecule has 1 N–H and O–H groups in total. The minimum Gasteiger partial charge on any atom is -0.465 e. The first-order valence-electron chi connectivity index (χ1n) is 10.9. The quantitative estimate of drug-likeness (QED) is 0.628. The number of carboxylic acid groups (broad SMARTS) is 1. The van der Waals surface area contributed by atoms with E-state index in [0.29, 0.717) is 31.0 Å². The van der Waals surface area contributed by atoms with Crippen molar-refractivity contribution in [2.75, 3.05) is 42.2 Å². The second kappa shape index (κ2) is 9.69. The molecule has 3 heterocycles. The number of aromatic nitrogens is 2. The summed E-state index contributed by atoms with van der Waals surface area (Å²) in [6.07, 6.45) is -3.83. The molecule has 2 aliphatic rings. The van der Waals surface area contributed by atoms with Gasteiger partial charge in [-0.15, -0.1) is 0 Å². The molecule has 0 bridgehead atoms. The third kappa shape index (κ3) is 5.02. The number of rotatable bonds is 4. The highest BCUT2D eigenvalue weighted by Gasteiger charge is 2.37. The van der Waals surface area contributed by atoms with Gasteiger partial charge < -0.3 is 19.8 Å². The van der Waals surface area contributed by atoms with Crippen LogP contribution in [0.1, 0.15) is 23.2 Å². The molecule has 2 aliphatic heterocycles. The fourth-order valence-corrected chi connectivity index (χ4v) is 5.01. The van der Waals surface area contributed by atoms with Crippen molar-refractivity contribution >= 4 is 28.4 Å². The smallest absolute Gasteiger partial charge is 0.418 e. The summed E-state index contributed by atoms with van der Waals surface area (Å²) in [5.41, 5.74) is 0.538. The third-order valence-electron chi connectivity index (χ3n) is 6.18. The zero-order valence-electron chi connectivity index (χ0n) is 18.8. The second-order valence-corrected chi connectivity index (χ2v) is 9.61. The molecule has 2 aromatic rings.